The lowest BCUT2D eigenvalue weighted by molar-refractivity contribution is -0.143. The molecule has 1 aromatic heterocycles. The van der Waals surface area contributed by atoms with Gasteiger partial charge < -0.3 is 10.2 Å². The number of likely N-dealkylation sites (N-methyl/N-ethyl adjacent to an activating group) is 1. The first-order valence-electron chi connectivity index (χ1n) is 13.6. The molecule has 4 rings (SSSR count). The highest BCUT2D eigenvalue weighted by atomic mass is 35.5. The van der Waals surface area contributed by atoms with Crippen molar-refractivity contribution >= 4 is 43.0 Å². The lowest BCUT2D eigenvalue weighted by Crippen LogP contribution is -2.66. The molecule has 1 aliphatic rings. The largest absolute Gasteiger partial charge is 0.416 e. The number of pyridine rings is 1. The summed E-state index contributed by atoms with van der Waals surface area (Å²) in [6.07, 6.45) is -6.53. The van der Waals surface area contributed by atoms with Crippen LogP contribution in [0.3, 0.4) is 0 Å². The summed E-state index contributed by atoms with van der Waals surface area (Å²) in [4.78, 5) is 22.4. The van der Waals surface area contributed by atoms with Gasteiger partial charge in [0.15, 0.2) is 5.78 Å². The minimum absolute atomic E-state index is 0. The molecule has 0 bridgehead atoms. The van der Waals surface area contributed by atoms with Crippen LogP contribution in [0.1, 0.15) is 43.7 Å². The third kappa shape index (κ3) is 10.6. The maximum Gasteiger partial charge on any atom is 0.416 e. The molecular weight excluding hydrogens is 665 g/mol. The van der Waals surface area contributed by atoms with Gasteiger partial charge in [-0.3, -0.25) is 14.7 Å². The molecule has 0 radical (unpaired) electrons. The number of nitrogens with zero attached hydrogens (tertiary/aromatic N) is 3. The molecule has 0 saturated carbocycles. The Morgan fingerprint density at radius 3 is 2.13 bits per heavy atom. The molecule has 2 heterocycles. The number of carbonyl (C=O) groups is 1. The van der Waals surface area contributed by atoms with Crippen LogP contribution in [0, 0.1) is 13.8 Å². The fraction of sp³-hybridized carbons (Fsp3) is 0.419. The van der Waals surface area contributed by atoms with Gasteiger partial charge in [0.1, 0.15) is 0 Å². The summed E-state index contributed by atoms with van der Waals surface area (Å²) >= 11 is 0. The number of halogens is 9. The SMILES string of the molecule is Cc1ccc(C[C@]2(C(=O)c3cc(C(F)(F)F)cc(C(F)(F)F)c3)CN(CCN(C)Cc3cccnc3)CCN2)cc1C.Cl.Cl.Cl. The Kier molecular flexibility index (Phi) is 14.8. The zero-order chi connectivity index (χ0) is 30.7. The van der Waals surface area contributed by atoms with Crippen molar-refractivity contribution in [2.45, 2.75) is 44.7 Å². The Labute approximate surface area is 278 Å². The zero-order valence-electron chi connectivity index (χ0n) is 25.0. The molecule has 1 fully saturated rings. The number of alkyl halides is 6. The van der Waals surface area contributed by atoms with Crippen molar-refractivity contribution in [1.82, 2.24) is 20.1 Å². The van der Waals surface area contributed by atoms with Crippen LogP contribution in [0.5, 0.6) is 0 Å². The fourth-order valence-corrected chi connectivity index (χ4v) is 5.33. The molecule has 45 heavy (non-hydrogen) atoms. The maximum atomic E-state index is 14.1. The molecule has 0 spiro atoms. The van der Waals surface area contributed by atoms with Crippen LogP contribution in [0.4, 0.5) is 26.3 Å². The van der Waals surface area contributed by atoms with E-state index in [0.29, 0.717) is 44.9 Å². The summed E-state index contributed by atoms with van der Waals surface area (Å²) in [6, 6.07) is 10.6. The average molecular weight is 702 g/mol. The Morgan fingerprint density at radius 2 is 1.58 bits per heavy atom. The van der Waals surface area contributed by atoms with E-state index in [2.05, 4.69) is 15.2 Å². The third-order valence-electron chi connectivity index (χ3n) is 7.72. The summed E-state index contributed by atoms with van der Waals surface area (Å²) in [5.41, 5.74) is -1.28. The Morgan fingerprint density at radius 1 is 0.933 bits per heavy atom. The second-order valence-electron chi connectivity index (χ2n) is 11.1. The molecule has 1 N–H and O–H groups in total. The van der Waals surface area contributed by atoms with E-state index in [1.165, 1.54) is 0 Å². The van der Waals surface area contributed by atoms with Crippen molar-refractivity contribution < 1.29 is 31.1 Å². The van der Waals surface area contributed by atoms with Crippen molar-refractivity contribution in [2.75, 3.05) is 39.8 Å². The molecule has 3 aromatic rings. The van der Waals surface area contributed by atoms with Crippen LogP contribution in [-0.4, -0.2) is 65.9 Å². The van der Waals surface area contributed by atoms with Crippen molar-refractivity contribution in [3.63, 3.8) is 0 Å². The molecule has 0 aliphatic carbocycles. The van der Waals surface area contributed by atoms with E-state index in [1.54, 1.807) is 12.4 Å². The number of hydrogen-bond acceptors (Lipinski definition) is 5. The van der Waals surface area contributed by atoms with Crippen LogP contribution in [-0.2, 0) is 25.3 Å². The summed E-state index contributed by atoms with van der Waals surface area (Å²) in [5.74, 6) is -0.800. The number of carbonyl (C=O) groups excluding carboxylic acids is 1. The molecule has 5 nitrogen and oxygen atoms in total. The summed E-state index contributed by atoms with van der Waals surface area (Å²) in [7, 11) is 1.95. The number of benzene rings is 2. The van der Waals surface area contributed by atoms with Gasteiger partial charge in [0, 0.05) is 57.2 Å². The molecule has 1 atom stereocenters. The molecule has 2 aromatic carbocycles. The number of rotatable bonds is 9. The molecule has 0 amide bonds. The number of aromatic nitrogens is 1. The maximum absolute atomic E-state index is 14.1. The lowest BCUT2D eigenvalue weighted by Gasteiger charge is -2.43. The quantitative estimate of drug-likeness (QED) is 0.189. The number of piperazine rings is 1. The van der Waals surface area contributed by atoms with Gasteiger partial charge in [0.2, 0.25) is 0 Å². The van der Waals surface area contributed by atoms with Gasteiger partial charge >= 0.3 is 12.4 Å². The monoisotopic (exact) mass is 700 g/mol. The van der Waals surface area contributed by atoms with Crippen molar-refractivity contribution in [2.24, 2.45) is 0 Å². The molecule has 14 heteroatoms. The van der Waals surface area contributed by atoms with Gasteiger partial charge in [-0.25, -0.2) is 0 Å². The highest BCUT2D eigenvalue weighted by Crippen LogP contribution is 2.37. The van der Waals surface area contributed by atoms with Crippen molar-refractivity contribution in [1.29, 1.82) is 0 Å². The standard InChI is InChI=1S/C31H34F6N4O.3ClH/c1-21-6-7-23(13-22(21)2)17-29(28(42)25-14-26(30(32,33)34)16-27(15-25)31(35,36)37)20-41(10-9-39-29)12-11-40(3)19-24-5-4-8-38-18-24;;;/h4-8,13-16,18,39H,9-12,17,19-20H2,1-3H3;3*1H/t29-;;;/m1.../s1. The van der Waals surface area contributed by atoms with E-state index in [-0.39, 0.29) is 56.3 Å². The summed E-state index contributed by atoms with van der Waals surface area (Å²) in [5, 5.41) is 3.21. The number of Topliss-reactive ketones (excluding diaryl/α,β-unsaturated/α-hetero) is 1. The fourth-order valence-electron chi connectivity index (χ4n) is 5.33. The zero-order valence-corrected chi connectivity index (χ0v) is 27.4. The third-order valence-corrected chi connectivity index (χ3v) is 7.72. The number of aryl methyl sites for hydroxylation is 2. The molecule has 250 valence electrons. The van der Waals surface area contributed by atoms with Crippen LogP contribution in [0.25, 0.3) is 0 Å². The predicted molar refractivity (Wildman–Crippen MR) is 170 cm³/mol. The van der Waals surface area contributed by atoms with E-state index in [9.17, 15) is 31.1 Å². The smallest absolute Gasteiger partial charge is 0.302 e. The van der Waals surface area contributed by atoms with E-state index in [0.717, 1.165) is 22.3 Å². The van der Waals surface area contributed by atoms with Gasteiger partial charge in [-0.1, -0.05) is 24.3 Å². The molecule has 0 unspecified atom stereocenters. The van der Waals surface area contributed by atoms with Crippen molar-refractivity contribution in [3.05, 3.63) is 99.9 Å². The van der Waals surface area contributed by atoms with Gasteiger partial charge in [0.25, 0.3) is 0 Å². The van der Waals surface area contributed by atoms with E-state index < -0.39 is 40.4 Å². The summed E-state index contributed by atoms with van der Waals surface area (Å²) in [6.45, 7) is 6.71. The number of ketones is 1. The van der Waals surface area contributed by atoms with E-state index in [4.69, 9.17) is 0 Å². The molecule has 1 aliphatic heterocycles. The van der Waals surface area contributed by atoms with E-state index >= 15 is 0 Å². The van der Waals surface area contributed by atoms with Crippen LogP contribution in [0.15, 0.2) is 60.9 Å². The topological polar surface area (TPSA) is 48.5 Å². The molecular formula is C31H37Cl3F6N4O. The first kappa shape index (κ1) is 40.6. The van der Waals surface area contributed by atoms with Crippen LogP contribution >= 0.6 is 37.2 Å². The van der Waals surface area contributed by atoms with Crippen LogP contribution in [0.2, 0.25) is 0 Å². The highest BCUT2D eigenvalue weighted by molar-refractivity contribution is 6.04. The Hall–Kier alpha value is -2.41. The first-order valence-corrected chi connectivity index (χ1v) is 13.6. The van der Waals surface area contributed by atoms with Gasteiger partial charge in [-0.05, 0) is 73.8 Å². The second kappa shape index (κ2) is 16.4. The second-order valence-corrected chi connectivity index (χ2v) is 11.1. The van der Waals surface area contributed by atoms with Gasteiger partial charge in [0.05, 0.1) is 16.7 Å². The Bertz CT molecular complexity index is 1380. The van der Waals surface area contributed by atoms with E-state index in [1.807, 2.05) is 56.1 Å². The number of nitrogens with one attached hydrogen (secondary N) is 1. The average Bonchev–Trinajstić information content (AvgIpc) is 2.93. The first-order chi connectivity index (χ1) is 19.7. The Balaban J connectivity index is 0.00000337. The minimum atomic E-state index is -5.05. The summed E-state index contributed by atoms with van der Waals surface area (Å²) < 4.78 is 81.9. The van der Waals surface area contributed by atoms with Crippen LogP contribution < -0.4 is 5.32 Å². The predicted octanol–water partition coefficient (Wildman–Crippen LogP) is 7.20. The molecule has 1 saturated heterocycles. The van der Waals surface area contributed by atoms with Gasteiger partial charge in [-0.2, -0.15) is 26.3 Å². The highest BCUT2D eigenvalue weighted by Gasteiger charge is 2.45. The lowest BCUT2D eigenvalue weighted by atomic mass is 9.80. The minimum Gasteiger partial charge on any atom is -0.302 e. The normalized spacial score (nSPS) is 17.2. The van der Waals surface area contributed by atoms with Gasteiger partial charge in [-0.15, -0.1) is 37.2 Å². The number of hydrogen-bond donors (Lipinski definition) is 1. The van der Waals surface area contributed by atoms with Crippen molar-refractivity contribution in [3.8, 4) is 0 Å².